The first-order valence-electron chi connectivity index (χ1n) is 7.33. The lowest BCUT2D eigenvalue weighted by molar-refractivity contribution is -0.136. The molecular weight excluding hydrogens is 270 g/mol. The van der Waals surface area contributed by atoms with E-state index in [0.717, 1.165) is 38.5 Å². The molecule has 4 heteroatoms. The molecule has 0 spiro atoms. The lowest BCUT2D eigenvalue weighted by Gasteiger charge is -2.14. The third-order valence-electron chi connectivity index (χ3n) is 4.21. The van der Waals surface area contributed by atoms with Crippen LogP contribution in [0, 0.1) is 0 Å². The van der Waals surface area contributed by atoms with Crippen LogP contribution >= 0.6 is 11.6 Å². The number of allylic oxidation sites excluding steroid dienone is 2. The first-order valence-corrected chi connectivity index (χ1v) is 7.77. The van der Waals surface area contributed by atoms with Gasteiger partial charge in [-0.1, -0.05) is 38.5 Å². The molecule has 0 aromatic heterocycles. The highest BCUT2D eigenvalue weighted by Gasteiger charge is 2.55. The van der Waals surface area contributed by atoms with Gasteiger partial charge in [-0.2, -0.15) is 8.78 Å². The number of Topliss-reactive ketones (excluding diaryl/α,β-unsaturated/α-hetero) is 1. The zero-order chi connectivity index (χ0) is 13.9. The minimum Gasteiger partial charge on any atom is -0.288 e. The third kappa shape index (κ3) is 3.18. The quantitative estimate of drug-likeness (QED) is 0.572. The second-order valence-electron chi connectivity index (χ2n) is 5.65. The topological polar surface area (TPSA) is 17.1 Å². The average Bonchev–Trinajstić information content (AvgIpc) is 2.51. The van der Waals surface area contributed by atoms with Gasteiger partial charge < -0.3 is 0 Å². The molecule has 0 amide bonds. The van der Waals surface area contributed by atoms with Gasteiger partial charge in [0, 0.05) is 5.57 Å². The predicted octanol–water partition coefficient (Wildman–Crippen LogP) is 5.02. The smallest absolute Gasteiger partial charge is 0.288 e. The summed E-state index contributed by atoms with van der Waals surface area (Å²) in [5.74, 6) is -4.40. The Balaban J connectivity index is 2.15. The summed E-state index contributed by atoms with van der Waals surface area (Å²) in [6.45, 7) is 0. The summed E-state index contributed by atoms with van der Waals surface area (Å²) in [5.41, 5.74) is 0.864. The molecule has 0 aromatic carbocycles. The highest BCUT2D eigenvalue weighted by atomic mass is 35.5. The van der Waals surface area contributed by atoms with Gasteiger partial charge in [-0.15, -0.1) is 11.6 Å². The second-order valence-corrected chi connectivity index (χ2v) is 6.08. The van der Waals surface area contributed by atoms with Gasteiger partial charge >= 0.3 is 5.92 Å². The zero-order valence-electron chi connectivity index (χ0n) is 11.2. The maximum atomic E-state index is 13.7. The van der Waals surface area contributed by atoms with Crippen LogP contribution in [0.15, 0.2) is 11.1 Å². The minimum atomic E-state index is -3.38. The lowest BCUT2D eigenvalue weighted by Crippen LogP contribution is -2.33. The van der Waals surface area contributed by atoms with Crippen molar-refractivity contribution in [1.82, 2.24) is 0 Å². The Kier molecular flexibility index (Phi) is 4.99. The molecule has 0 aromatic rings. The Hall–Kier alpha value is -0.440. The van der Waals surface area contributed by atoms with E-state index in [1.54, 1.807) is 0 Å². The second kappa shape index (κ2) is 6.34. The minimum absolute atomic E-state index is 0.338. The fraction of sp³-hybridized carbons (Fsp3) is 0.800. The van der Waals surface area contributed by atoms with Crippen molar-refractivity contribution in [2.24, 2.45) is 0 Å². The first-order chi connectivity index (χ1) is 9.05. The summed E-state index contributed by atoms with van der Waals surface area (Å²) in [6, 6.07) is 0. The molecule has 0 bridgehead atoms. The van der Waals surface area contributed by atoms with Crippen LogP contribution in [0.1, 0.15) is 64.2 Å². The van der Waals surface area contributed by atoms with E-state index in [1.807, 2.05) is 0 Å². The maximum absolute atomic E-state index is 13.7. The Morgan fingerprint density at radius 3 is 1.95 bits per heavy atom. The lowest BCUT2D eigenvalue weighted by atomic mass is 9.96. The molecule has 0 saturated carbocycles. The van der Waals surface area contributed by atoms with E-state index in [1.165, 1.54) is 12.8 Å². The van der Waals surface area contributed by atoms with E-state index < -0.39 is 17.1 Å². The van der Waals surface area contributed by atoms with Gasteiger partial charge in [0.1, 0.15) is 5.38 Å². The van der Waals surface area contributed by atoms with Crippen molar-refractivity contribution in [2.75, 3.05) is 0 Å². The van der Waals surface area contributed by atoms with E-state index in [4.69, 9.17) is 11.6 Å². The average molecular weight is 291 g/mol. The molecule has 0 radical (unpaired) electrons. The molecule has 0 saturated heterocycles. The Morgan fingerprint density at radius 1 is 0.895 bits per heavy atom. The molecule has 1 unspecified atom stereocenters. The Morgan fingerprint density at radius 2 is 1.37 bits per heavy atom. The first kappa shape index (κ1) is 15.0. The highest BCUT2D eigenvalue weighted by molar-refractivity contribution is 6.28. The fourth-order valence-electron chi connectivity index (χ4n) is 3.06. The molecule has 0 fully saturated rings. The molecule has 2 aliphatic rings. The highest BCUT2D eigenvalue weighted by Crippen LogP contribution is 2.44. The summed E-state index contributed by atoms with van der Waals surface area (Å²) in [6.07, 6.45) is 9.52. The summed E-state index contributed by atoms with van der Waals surface area (Å²) in [7, 11) is 0. The molecule has 2 aliphatic carbocycles. The van der Waals surface area contributed by atoms with Gasteiger partial charge in [-0.25, -0.2) is 0 Å². The molecule has 0 heterocycles. The Bertz CT molecular complexity index is 376. The number of rotatable bonds is 0. The molecule has 1 atom stereocenters. The van der Waals surface area contributed by atoms with E-state index >= 15 is 0 Å². The third-order valence-corrected chi connectivity index (χ3v) is 4.75. The molecule has 19 heavy (non-hydrogen) atoms. The van der Waals surface area contributed by atoms with Crippen molar-refractivity contribution < 1.29 is 13.6 Å². The summed E-state index contributed by atoms with van der Waals surface area (Å²) in [5, 5.41) is -1.40. The van der Waals surface area contributed by atoms with Crippen molar-refractivity contribution in [3.05, 3.63) is 11.1 Å². The van der Waals surface area contributed by atoms with Crippen LogP contribution in [0.2, 0.25) is 0 Å². The molecule has 0 N–H and O–H groups in total. The van der Waals surface area contributed by atoms with E-state index in [0.29, 0.717) is 24.0 Å². The zero-order valence-corrected chi connectivity index (χ0v) is 11.9. The van der Waals surface area contributed by atoms with Crippen molar-refractivity contribution in [3.63, 3.8) is 0 Å². The van der Waals surface area contributed by atoms with Crippen LogP contribution in [-0.2, 0) is 4.79 Å². The molecular formula is C15H21ClF2O. The van der Waals surface area contributed by atoms with E-state index in [2.05, 4.69) is 0 Å². The Labute approximate surface area is 118 Å². The van der Waals surface area contributed by atoms with Gasteiger partial charge in [0.15, 0.2) is 0 Å². The largest absolute Gasteiger partial charge is 0.329 e. The van der Waals surface area contributed by atoms with Gasteiger partial charge in [-0.05, 0) is 31.3 Å². The number of hydrogen-bond donors (Lipinski definition) is 0. The van der Waals surface area contributed by atoms with Crippen molar-refractivity contribution in [2.45, 2.75) is 75.5 Å². The van der Waals surface area contributed by atoms with Gasteiger partial charge in [-0.3, -0.25) is 4.79 Å². The normalized spacial score (nSPS) is 29.6. The number of halogens is 3. The van der Waals surface area contributed by atoms with Crippen LogP contribution in [0.3, 0.4) is 0 Å². The number of hydrogen-bond acceptors (Lipinski definition) is 1. The van der Waals surface area contributed by atoms with Crippen LogP contribution in [-0.4, -0.2) is 17.1 Å². The summed E-state index contributed by atoms with van der Waals surface area (Å²) >= 11 is 5.84. The van der Waals surface area contributed by atoms with Crippen molar-refractivity contribution >= 4 is 17.4 Å². The SMILES string of the molecule is O=C1C2=C(CCCCCCCCCC2)C(Cl)C1(F)F. The number of ketones is 1. The van der Waals surface area contributed by atoms with E-state index in [-0.39, 0.29) is 0 Å². The van der Waals surface area contributed by atoms with Crippen LogP contribution in [0.4, 0.5) is 8.78 Å². The fourth-order valence-corrected chi connectivity index (χ4v) is 3.40. The molecule has 108 valence electrons. The summed E-state index contributed by atoms with van der Waals surface area (Å²) in [4.78, 5) is 11.8. The van der Waals surface area contributed by atoms with Crippen LogP contribution in [0.25, 0.3) is 0 Å². The molecule has 2 rings (SSSR count). The number of carbonyl (C=O) groups excluding carboxylic acids is 1. The monoisotopic (exact) mass is 290 g/mol. The number of alkyl halides is 3. The van der Waals surface area contributed by atoms with Gasteiger partial charge in [0.2, 0.25) is 5.78 Å². The maximum Gasteiger partial charge on any atom is 0.329 e. The van der Waals surface area contributed by atoms with E-state index in [9.17, 15) is 13.6 Å². The standard InChI is InChI=1S/C15H21ClF2O/c16-13-11-9-7-5-3-1-2-4-6-8-10-12(11)14(19)15(13,17)18/h13H,1-10H2. The number of carbonyl (C=O) groups is 1. The molecule has 1 nitrogen and oxygen atoms in total. The summed E-state index contributed by atoms with van der Waals surface area (Å²) < 4.78 is 27.5. The van der Waals surface area contributed by atoms with Gasteiger partial charge in [0.05, 0.1) is 0 Å². The molecule has 0 aliphatic heterocycles. The van der Waals surface area contributed by atoms with Crippen molar-refractivity contribution in [3.8, 4) is 0 Å². The predicted molar refractivity (Wildman–Crippen MR) is 72.8 cm³/mol. The van der Waals surface area contributed by atoms with Crippen LogP contribution < -0.4 is 0 Å². The van der Waals surface area contributed by atoms with Gasteiger partial charge in [0.25, 0.3) is 0 Å². The van der Waals surface area contributed by atoms with Crippen molar-refractivity contribution in [1.29, 1.82) is 0 Å². The van der Waals surface area contributed by atoms with Crippen LogP contribution in [0.5, 0.6) is 0 Å².